The molecular formula is C43H39FeNP2-6. The maximum absolute atomic E-state index is 3.12. The van der Waals surface area contributed by atoms with Crippen LogP contribution in [0, 0.1) is 0 Å². The molecule has 0 aliphatic heterocycles. The van der Waals surface area contributed by atoms with Gasteiger partial charge in [-0.1, -0.05) is 145 Å². The van der Waals surface area contributed by atoms with Gasteiger partial charge in [0, 0.05) is 23.1 Å². The van der Waals surface area contributed by atoms with Gasteiger partial charge in [0.1, 0.15) is 0 Å². The molecule has 2 unspecified atom stereocenters. The Morgan fingerprint density at radius 1 is 0.532 bits per heavy atom. The first-order valence-electron chi connectivity index (χ1n) is 15.6. The Bertz CT molecular complexity index is 1950. The van der Waals surface area contributed by atoms with E-state index in [1.54, 1.807) is 0 Å². The maximum Gasteiger partial charge on any atom is 0.0265 e. The molecule has 47 heavy (non-hydrogen) atoms. The summed E-state index contributed by atoms with van der Waals surface area (Å²) in [4.78, 5) is 2.35. The molecule has 1 nitrogen and oxygen atoms in total. The first kappa shape index (κ1) is 34.5. The predicted octanol–water partition coefficient (Wildman–Crippen LogP) is 10.1. The molecule has 7 aromatic rings. The summed E-state index contributed by atoms with van der Waals surface area (Å²) in [5.41, 5.74) is 12.6. The standard InChI is InChI=1S/C38H34NP2.C5H5.Fe/c1-39(2)37(36-33(40)25-32(27-17-9-4-10-18-27)34(36)28-19-11-5-12-20-28)31-24-23-30(26-15-7-3-8-16-26)35(38(31)41)29-21-13-6-14-22-29;1-2-4-5-3-1;/h3-25,37H,40-41H2,1-2H3;1-5H;/q-1;-5;/t37-;;/m1../s1. The fourth-order valence-corrected chi connectivity index (χ4v) is 7.36. The van der Waals surface area contributed by atoms with Crippen LogP contribution in [0.4, 0.5) is 0 Å². The predicted molar refractivity (Wildman–Crippen MR) is 206 cm³/mol. The van der Waals surface area contributed by atoms with E-state index in [-0.39, 0.29) is 23.1 Å². The molecule has 0 N–H and O–H groups in total. The van der Waals surface area contributed by atoms with Crippen LogP contribution in [-0.2, 0) is 17.1 Å². The van der Waals surface area contributed by atoms with Gasteiger partial charge in [-0.05, 0) is 47.2 Å². The third kappa shape index (κ3) is 7.66. The van der Waals surface area contributed by atoms with E-state index in [9.17, 15) is 0 Å². The maximum atomic E-state index is 3.12. The zero-order valence-electron chi connectivity index (χ0n) is 26.7. The van der Waals surface area contributed by atoms with Gasteiger partial charge in [0.05, 0.1) is 0 Å². The minimum absolute atomic E-state index is 0. The largest absolute Gasteiger partial charge is 0.748 e. The second-order valence-electron chi connectivity index (χ2n) is 11.6. The van der Waals surface area contributed by atoms with E-state index in [0.29, 0.717) is 0 Å². The summed E-state index contributed by atoms with van der Waals surface area (Å²) in [6.45, 7) is 0. The van der Waals surface area contributed by atoms with Crippen LogP contribution in [0.5, 0.6) is 0 Å². The van der Waals surface area contributed by atoms with Crippen molar-refractivity contribution in [3.63, 3.8) is 0 Å². The van der Waals surface area contributed by atoms with Gasteiger partial charge in [-0.25, -0.2) is 0 Å². The fraction of sp³-hybridized carbons (Fsp3) is 0.0698. The first-order chi connectivity index (χ1) is 22.5. The number of benzene rings is 5. The van der Waals surface area contributed by atoms with Crippen molar-refractivity contribution in [1.82, 2.24) is 4.90 Å². The Morgan fingerprint density at radius 3 is 1.43 bits per heavy atom. The Balaban J connectivity index is 0.000000662. The van der Waals surface area contributed by atoms with Crippen LogP contribution in [0.3, 0.4) is 0 Å². The molecular weight excluding hydrogens is 648 g/mol. The van der Waals surface area contributed by atoms with E-state index < -0.39 is 0 Å². The minimum atomic E-state index is 0. The van der Waals surface area contributed by atoms with Gasteiger partial charge in [0.2, 0.25) is 0 Å². The van der Waals surface area contributed by atoms with Crippen molar-refractivity contribution in [2.24, 2.45) is 0 Å². The van der Waals surface area contributed by atoms with Crippen LogP contribution in [0.1, 0.15) is 17.2 Å². The molecule has 4 heteroatoms. The monoisotopic (exact) mass is 687 g/mol. The normalized spacial score (nSPS) is 11.3. The van der Waals surface area contributed by atoms with E-state index in [1.807, 2.05) is 30.3 Å². The third-order valence-corrected chi connectivity index (χ3v) is 9.46. The zero-order valence-corrected chi connectivity index (χ0v) is 30.1. The van der Waals surface area contributed by atoms with Crippen LogP contribution in [0.15, 0.2) is 170 Å². The van der Waals surface area contributed by atoms with Crippen molar-refractivity contribution >= 4 is 29.1 Å². The molecule has 0 aromatic heterocycles. The number of nitrogens with zero attached hydrogens (tertiary/aromatic N) is 1. The van der Waals surface area contributed by atoms with Crippen molar-refractivity contribution in [2.45, 2.75) is 6.04 Å². The molecule has 0 saturated heterocycles. The molecule has 7 rings (SSSR count). The van der Waals surface area contributed by atoms with Crippen molar-refractivity contribution in [3.05, 3.63) is 181 Å². The number of rotatable bonds is 7. The summed E-state index contributed by atoms with van der Waals surface area (Å²) in [5.74, 6) is 0. The van der Waals surface area contributed by atoms with E-state index in [0.717, 1.165) is 0 Å². The molecule has 0 fully saturated rings. The Hall–Kier alpha value is -3.86. The molecule has 0 aliphatic rings. The average Bonchev–Trinajstić information content (AvgIpc) is 3.80. The SMILES string of the molecule is CN(C)[C@H](c1ccc(-c2ccccc2)c(-c2ccccc2)c1P)[c-]1c(P)cc(-c2ccccc2)c1-c1ccccc1.[Fe].[cH-]1[cH-][cH-][cH-][cH-]1. The smallest absolute Gasteiger partial charge is 0.0265 e. The molecule has 0 saturated carbocycles. The van der Waals surface area contributed by atoms with E-state index in [1.165, 1.54) is 66.2 Å². The van der Waals surface area contributed by atoms with Gasteiger partial charge in [0.15, 0.2) is 0 Å². The summed E-state index contributed by atoms with van der Waals surface area (Å²) >= 11 is 0. The topological polar surface area (TPSA) is 3.24 Å². The number of hydrogen-bond donors (Lipinski definition) is 0. The van der Waals surface area contributed by atoms with Gasteiger partial charge in [-0.15, -0.1) is 40.5 Å². The van der Waals surface area contributed by atoms with E-state index in [2.05, 4.69) is 177 Å². The molecule has 0 spiro atoms. The van der Waals surface area contributed by atoms with Crippen molar-refractivity contribution in [2.75, 3.05) is 14.1 Å². The summed E-state index contributed by atoms with van der Waals surface area (Å²) in [7, 11) is 10.6. The van der Waals surface area contributed by atoms with Crippen molar-refractivity contribution < 1.29 is 17.1 Å². The van der Waals surface area contributed by atoms with Gasteiger partial charge in [0.25, 0.3) is 0 Å². The van der Waals surface area contributed by atoms with Gasteiger partial charge in [-0.3, -0.25) is 0 Å². The molecule has 0 heterocycles. The van der Waals surface area contributed by atoms with E-state index in [4.69, 9.17) is 0 Å². The average molecular weight is 688 g/mol. The van der Waals surface area contributed by atoms with E-state index >= 15 is 0 Å². The minimum Gasteiger partial charge on any atom is -0.748 e. The first-order valence-corrected chi connectivity index (χ1v) is 16.8. The summed E-state index contributed by atoms with van der Waals surface area (Å²) in [6, 6.07) is 60.1. The summed E-state index contributed by atoms with van der Waals surface area (Å²) in [6.07, 6.45) is 0. The summed E-state index contributed by atoms with van der Waals surface area (Å²) in [5, 5.41) is 2.45. The second-order valence-corrected chi connectivity index (χ2v) is 12.8. The van der Waals surface area contributed by atoms with Crippen molar-refractivity contribution in [1.29, 1.82) is 0 Å². The Labute approximate surface area is 295 Å². The van der Waals surface area contributed by atoms with Gasteiger partial charge < -0.3 is 35.2 Å². The van der Waals surface area contributed by atoms with Crippen LogP contribution in [0.2, 0.25) is 0 Å². The molecule has 0 aliphatic carbocycles. The van der Waals surface area contributed by atoms with Gasteiger partial charge >= 0.3 is 0 Å². The molecule has 0 bridgehead atoms. The Kier molecular flexibility index (Phi) is 12.0. The Morgan fingerprint density at radius 2 is 0.957 bits per heavy atom. The number of hydrogen-bond acceptors (Lipinski definition) is 1. The van der Waals surface area contributed by atoms with Crippen LogP contribution < -0.4 is 10.6 Å². The van der Waals surface area contributed by atoms with Crippen LogP contribution in [-0.4, -0.2) is 19.0 Å². The quantitative estimate of drug-likeness (QED) is 0.0916. The van der Waals surface area contributed by atoms with Crippen molar-refractivity contribution in [3.8, 4) is 44.5 Å². The molecule has 0 amide bonds. The molecule has 7 aromatic carbocycles. The second kappa shape index (κ2) is 16.3. The third-order valence-electron chi connectivity index (χ3n) is 8.36. The molecule has 240 valence electrons. The molecule has 3 atom stereocenters. The molecule has 0 radical (unpaired) electrons. The fourth-order valence-electron chi connectivity index (χ4n) is 6.31. The van der Waals surface area contributed by atoms with Crippen LogP contribution >= 0.6 is 18.5 Å². The van der Waals surface area contributed by atoms with Gasteiger partial charge in [-0.2, -0.15) is 6.07 Å². The summed E-state index contributed by atoms with van der Waals surface area (Å²) < 4.78 is 0. The van der Waals surface area contributed by atoms with Crippen LogP contribution in [0.25, 0.3) is 44.5 Å². The zero-order chi connectivity index (χ0) is 31.9.